The number of hydrogen-bond donors (Lipinski definition) is 1. The van der Waals surface area contributed by atoms with E-state index in [0.717, 1.165) is 5.56 Å². The number of aromatic hydroxyl groups is 1. The van der Waals surface area contributed by atoms with E-state index in [1.54, 1.807) is 12.3 Å². The first-order valence-corrected chi connectivity index (χ1v) is 8.29. The summed E-state index contributed by atoms with van der Waals surface area (Å²) in [5.74, 6) is 0.627. The molecule has 5 heteroatoms. The Kier molecular flexibility index (Phi) is 8.79. The van der Waals surface area contributed by atoms with Crippen molar-refractivity contribution in [3.05, 3.63) is 23.8 Å². The number of rotatable bonds is 2. The normalized spacial score (nSPS) is 10.4. The average Bonchev–Trinajstić information content (AvgIpc) is 2.22. The monoisotopic (exact) mass is 299 g/mol. The molecule has 0 saturated carbocycles. The second-order valence-electron chi connectivity index (χ2n) is 3.32. The summed E-state index contributed by atoms with van der Waals surface area (Å²) in [7, 11) is 9.65. The molecule has 0 atom stereocenters. The van der Waals surface area contributed by atoms with Gasteiger partial charge in [0.15, 0.2) is 0 Å². The Morgan fingerprint density at radius 1 is 1.38 bits per heavy atom. The summed E-state index contributed by atoms with van der Waals surface area (Å²) < 4.78 is 0. The first kappa shape index (κ1) is 15.8. The SMILES string of the molecule is CC=Nc1cccc(C(C)C)c1O.[Cl][Cr][Cl]. The molecule has 0 aliphatic carbocycles. The van der Waals surface area contributed by atoms with Crippen molar-refractivity contribution in [1.29, 1.82) is 0 Å². The van der Waals surface area contributed by atoms with Gasteiger partial charge in [-0.1, -0.05) is 26.0 Å². The van der Waals surface area contributed by atoms with Crippen LogP contribution in [-0.2, 0) is 13.4 Å². The molecular weight excluding hydrogens is 285 g/mol. The maximum absolute atomic E-state index is 9.78. The van der Waals surface area contributed by atoms with Crippen molar-refractivity contribution in [2.24, 2.45) is 4.99 Å². The number of aliphatic imine (C=N–C) groups is 1. The van der Waals surface area contributed by atoms with E-state index in [1.165, 1.54) is 0 Å². The quantitative estimate of drug-likeness (QED) is 0.795. The predicted octanol–water partition coefficient (Wildman–Crippen LogP) is 4.61. The molecule has 0 aliphatic heterocycles. The van der Waals surface area contributed by atoms with Crippen LogP contribution < -0.4 is 0 Å². The third kappa shape index (κ3) is 5.23. The molecule has 0 saturated heterocycles. The molecule has 0 amide bonds. The van der Waals surface area contributed by atoms with Crippen LogP contribution in [0.1, 0.15) is 32.3 Å². The molecule has 0 aromatic heterocycles. The van der Waals surface area contributed by atoms with Gasteiger partial charge in [0.25, 0.3) is 0 Å². The molecule has 1 N–H and O–H groups in total. The Morgan fingerprint density at radius 3 is 2.38 bits per heavy atom. The number of benzene rings is 1. The van der Waals surface area contributed by atoms with Gasteiger partial charge in [-0.25, -0.2) is 0 Å². The van der Waals surface area contributed by atoms with Crippen molar-refractivity contribution in [2.75, 3.05) is 0 Å². The first-order chi connectivity index (χ1) is 7.58. The Morgan fingerprint density at radius 2 is 1.94 bits per heavy atom. The van der Waals surface area contributed by atoms with Crippen LogP contribution in [0.2, 0.25) is 0 Å². The summed E-state index contributed by atoms with van der Waals surface area (Å²) in [6.07, 6.45) is 1.68. The van der Waals surface area contributed by atoms with Gasteiger partial charge < -0.3 is 5.11 Å². The van der Waals surface area contributed by atoms with E-state index in [9.17, 15) is 5.11 Å². The second kappa shape index (κ2) is 8.90. The molecule has 2 nitrogen and oxygen atoms in total. The van der Waals surface area contributed by atoms with E-state index in [2.05, 4.69) is 18.8 Å². The summed E-state index contributed by atoms with van der Waals surface area (Å²) in [5, 5.41) is 9.78. The molecule has 90 valence electrons. The number of halogens is 2. The summed E-state index contributed by atoms with van der Waals surface area (Å²) in [6.45, 7) is 5.93. The Bertz CT molecular complexity index is 343. The zero-order valence-electron chi connectivity index (χ0n) is 9.45. The van der Waals surface area contributed by atoms with Crippen molar-refractivity contribution in [1.82, 2.24) is 0 Å². The number of hydrogen-bond acceptors (Lipinski definition) is 2. The van der Waals surface area contributed by atoms with E-state index in [-0.39, 0.29) is 13.4 Å². The minimum absolute atomic E-state index is 0.181. The van der Waals surface area contributed by atoms with Crippen LogP contribution >= 0.6 is 20.1 Å². The van der Waals surface area contributed by atoms with Gasteiger partial charge in [-0.15, -0.1) is 0 Å². The molecule has 1 rings (SSSR count). The van der Waals surface area contributed by atoms with Crippen molar-refractivity contribution in [3.8, 4) is 5.75 Å². The fourth-order valence-electron chi connectivity index (χ4n) is 1.26. The van der Waals surface area contributed by atoms with Crippen molar-refractivity contribution >= 4 is 32.0 Å². The standard InChI is InChI=1S/C11H15NO.2ClH.Cr/c1-4-12-10-7-5-6-9(8(2)3)11(10)13;;;/h4-8,13H,1-3H3;2*1H;/q;;;+2/p-2. The third-order valence-electron chi connectivity index (χ3n) is 1.94. The molecule has 0 fully saturated rings. The summed E-state index contributed by atoms with van der Waals surface area (Å²) in [5.41, 5.74) is 1.59. The Balaban J connectivity index is 0.000000673. The van der Waals surface area contributed by atoms with Gasteiger partial charge >= 0.3 is 33.5 Å². The van der Waals surface area contributed by atoms with E-state index in [4.69, 9.17) is 20.1 Å². The van der Waals surface area contributed by atoms with Gasteiger partial charge in [0.1, 0.15) is 11.4 Å². The van der Waals surface area contributed by atoms with E-state index in [1.807, 2.05) is 19.1 Å². The fourth-order valence-corrected chi connectivity index (χ4v) is 1.26. The first-order valence-electron chi connectivity index (χ1n) is 4.78. The molecule has 0 spiro atoms. The molecule has 0 radical (unpaired) electrons. The van der Waals surface area contributed by atoms with Gasteiger partial charge in [-0.05, 0) is 24.5 Å². The number of para-hydroxylation sites is 1. The maximum atomic E-state index is 9.78. The van der Waals surface area contributed by atoms with Crippen LogP contribution in [0.3, 0.4) is 0 Å². The van der Waals surface area contributed by atoms with Gasteiger partial charge in [-0.3, -0.25) is 4.99 Å². The van der Waals surface area contributed by atoms with Crippen LogP contribution in [-0.4, -0.2) is 11.3 Å². The molecule has 0 unspecified atom stereocenters. The number of phenols is 1. The van der Waals surface area contributed by atoms with Crippen molar-refractivity contribution < 1.29 is 18.5 Å². The minimum atomic E-state index is -0.181. The molecule has 0 heterocycles. The van der Waals surface area contributed by atoms with E-state index < -0.39 is 0 Å². The average molecular weight is 300 g/mol. The number of nitrogens with zero attached hydrogens (tertiary/aromatic N) is 1. The van der Waals surface area contributed by atoms with Gasteiger partial charge in [0, 0.05) is 6.21 Å². The predicted molar refractivity (Wildman–Crippen MR) is 67.7 cm³/mol. The van der Waals surface area contributed by atoms with E-state index >= 15 is 0 Å². The Labute approximate surface area is 111 Å². The molecule has 16 heavy (non-hydrogen) atoms. The van der Waals surface area contributed by atoms with Crippen LogP contribution in [0.4, 0.5) is 5.69 Å². The summed E-state index contributed by atoms with van der Waals surface area (Å²) >= 11 is -0.181. The molecule has 1 aromatic carbocycles. The summed E-state index contributed by atoms with van der Waals surface area (Å²) in [4.78, 5) is 4.07. The topological polar surface area (TPSA) is 32.6 Å². The summed E-state index contributed by atoms with van der Waals surface area (Å²) in [6, 6.07) is 5.65. The zero-order chi connectivity index (χ0) is 12.6. The molecule has 0 bridgehead atoms. The van der Waals surface area contributed by atoms with Crippen LogP contribution in [0, 0.1) is 0 Å². The van der Waals surface area contributed by atoms with Crippen LogP contribution in [0.15, 0.2) is 23.2 Å². The fraction of sp³-hybridized carbons (Fsp3) is 0.364. The van der Waals surface area contributed by atoms with Crippen molar-refractivity contribution in [3.63, 3.8) is 0 Å². The van der Waals surface area contributed by atoms with Crippen molar-refractivity contribution in [2.45, 2.75) is 26.7 Å². The van der Waals surface area contributed by atoms with E-state index in [0.29, 0.717) is 17.4 Å². The second-order valence-corrected chi connectivity index (χ2v) is 5.42. The third-order valence-corrected chi connectivity index (χ3v) is 1.94. The molecular formula is C11H15Cl2CrNO. The van der Waals surface area contributed by atoms with Gasteiger partial charge in [0.2, 0.25) is 0 Å². The molecule has 0 aliphatic rings. The van der Waals surface area contributed by atoms with Gasteiger partial charge in [-0.2, -0.15) is 0 Å². The molecule has 1 aromatic rings. The zero-order valence-corrected chi connectivity index (χ0v) is 12.2. The van der Waals surface area contributed by atoms with Gasteiger partial charge in [0.05, 0.1) is 0 Å². The van der Waals surface area contributed by atoms with Crippen LogP contribution in [0.5, 0.6) is 5.75 Å². The van der Waals surface area contributed by atoms with Crippen LogP contribution in [0.25, 0.3) is 0 Å². The number of phenolic OH excluding ortho intramolecular Hbond substituents is 1. The Hall–Kier alpha value is -0.198.